The van der Waals surface area contributed by atoms with Crippen LogP contribution in [-0.4, -0.2) is 25.3 Å². The molecule has 19 heavy (non-hydrogen) atoms. The maximum Gasteiger partial charge on any atom is 0.407 e. The van der Waals surface area contributed by atoms with Crippen molar-refractivity contribution in [2.75, 3.05) is 13.7 Å². The minimum atomic E-state index is -0.452. The molecule has 0 aliphatic heterocycles. The van der Waals surface area contributed by atoms with E-state index in [1.807, 2.05) is 45.0 Å². The van der Waals surface area contributed by atoms with E-state index in [2.05, 4.69) is 5.32 Å². The van der Waals surface area contributed by atoms with E-state index in [0.29, 0.717) is 6.54 Å². The number of ether oxygens (including phenoxy) is 2. The molecule has 0 bridgehead atoms. The van der Waals surface area contributed by atoms with E-state index in [1.165, 1.54) is 0 Å². The average Bonchev–Trinajstić information content (AvgIpc) is 2.33. The van der Waals surface area contributed by atoms with Gasteiger partial charge in [-0.25, -0.2) is 4.79 Å². The van der Waals surface area contributed by atoms with Crippen LogP contribution in [0.15, 0.2) is 24.3 Å². The van der Waals surface area contributed by atoms with Crippen LogP contribution in [-0.2, 0) is 11.2 Å². The van der Waals surface area contributed by atoms with Crippen LogP contribution in [0, 0.1) is 0 Å². The van der Waals surface area contributed by atoms with Crippen molar-refractivity contribution in [1.82, 2.24) is 5.32 Å². The molecule has 1 aromatic carbocycles. The molecule has 0 radical (unpaired) electrons. The lowest BCUT2D eigenvalue weighted by atomic mass is 10.1. The number of methoxy groups -OCH3 is 1. The molecule has 0 aromatic heterocycles. The van der Waals surface area contributed by atoms with Crippen molar-refractivity contribution >= 4 is 6.09 Å². The highest BCUT2D eigenvalue weighted by molar-refractivity contribution is 5.67. The van der Waals surface area contributed by atoms with Gasteiger partial charge < -0.3 is 14.8 Å². The number of carbonyl (C=O) groups is 1. The van der Waals surface area contributed by atoms with Gasteiger partial charge in [-0.1, -0.05) is 18.2 Å². The van der Waals surface area contributed by atoms with Gasteiger partial charge in [-0.05, 0) is 45.2 Å². The van der Waals surface area contributed by atoms with E-state index in [0.717, 1.165) is 24.2 Å². The number of rotatable bonds is 5. The average molecular weight is 265 g/mol. The number of benzene rings is 1. The Bertz CT molecular complexity index is 410. The van der Waals surface area contributed by atoms with Crippen molar-refractivity contribution < 1.29 is 14.3 Å². The summed E-state index contributed by atoms with van der Waals surface area (Å²) in [7, 11) is 1.66. The van der Waals surface area contributed by atoms with E-state index < -0.39 is 5.60 Å². The lowest BCUT2D eigenvalue weighted by Crippen LogP contribution is -2.33. The highest BCUT2D eigenvalue weighted by Gasteiger charge is 2.15. The first-order valence-corrected chi connectivity index (χ1v) is 6.51. The first-order chi connectivity index (χ1) is 8.92. The Morgan fingerprint density at radius 3 is 2.58 bits per heavy atom. The molecule has 1 amide bonds. The van der Waals surface area contributed by atoms with E-state index in [-0.39, 0.29) is 6.09 Å². The van der Waals surface area contributed by atoms with Crippen LogP contribution in [0.2, 0.25) is 0 Å². The molecule has 0 spiro atoms. The number of alkyl carbamates (subject to hydrolysis) is 1. The zero-order chi connectivity index (χ0) is 14.3. The van der Waals surface area contributed by atoms with Crippen LogP contribution in [0.4, 0.5) is 4.79 Å². The number of hydrogen-bond donors (Lipinski definition) is 1. The quantitative estimate of drug-likeness (QED) is 0.832. The number of amides is 1. The highest BCUT2D eigenvalue weighted by atomic mass is 16.6. The monoisotopic (exact) mass is 265 g/mol. The summed E-state index contributed by atoms with van der Waals surface area (Å²) in [5, 5.41) is 2.74. The maximum atomic E-state index is 11.4. The molecule has 0 atom stereocenters. The van der Waals surface area contributed by atoms with Crippen molar-refractivity contribution in [3.05, 3.63) is 29.8 Å². The van der Waals surface area contributed by atoms with Crippen molar-refractivity contribution in [2.45, 2.75) is 39.2 Å². The van der Waals surface area contributed by atoms with Gasteiger partial charge in [0.2, 0.25) is 0 Å². The lowest BCUT2D eigenvalue weighted by molar-refractivity contribution is 0.0527. The Morgan fingerprint density at radius 1 is 1.26 bits per heavy atom. The van der Waals surface area contributed by atoms with Crippen LogP contribution < -0.4 is 10.1 Å². The smallest absolute Gasteiger partial charge is 0.407 e. The summed E-state index contributed by atoms with van der Waals surface area (Å²) in [5.41, 5.74) is 0.697. The third-order valence-electron chi connectivity index (χ3n) is 2.48. The normalized spacial score (nSPS) is 10.9. The first-order valence-electron chi connectivity index (χ1n) is 6.51. The summed E-state index contributed by atoms with van der Waals surface area (Å²) in [6, 6.07) is 7.91. The molecule has 0 saturated heterocycles. The zero-order valence-electron chi connectivity index (χ0n) is 12.2. The van der Waals surface area contributed by atoms with E-state index in [9.17, 15) is 4.79 Å². The molecule has 0 heterocycles. The van der Waals surface area contributed by atoms with Gasteiger partial charge in [-0.3, -0.25) is 0 Å². The minimum absolute atomic E-state index is 0.368. The molecule has 1 N–H and O–H groups in total. The Balaban J connectivity index is 2.29. The summed E-state index contributed by atoms with van der Waals surface area (Å²) in [6.07, 6.45) is 1.34. The number of para-hydroxylation sites is 1. The van der Waals surface area contributed by atoms with Gasteiger partial charge >= 0.3 is 6.09 Å². The predicted octanol–water partition coefficient (Wildman–Crippen LogP) is 3.15. The van der Waals surface area contributed by atoms with E-state index >= 15 is 0 Å². The molecule has 106 valence electrons. The van der Waals surface area contributed by atoms with E-state index in [1.54, 1.807) is 7.11 Å². The summed E-state index contributed by atoms with van der Waals surface area (Å²) in [6.45, 7) is 6.14. The van der Waals surface area contributed by atoms with Crippen molar-refractivity contribution in [3.63, 3.8) is 0 Å². The molecule has 0 aliphatic rings. The predicted molar refractivity (Wildman–Crippen MR) is 75.6 cm³/mol. The standard InChI is InChI=1S/C15H23NO3/c1-15(2,3)19-14(17)16-11-7-9-12-8-5-6-10-13(12)18-4/h5-6,8,10H,7,9,11H2,1-4H3,(H,16,17). The van der Waals surface area contributed by atoms with Crippen LogP contribution in [0.1, 0.15) is 32.8 Å². The summed E-state index contributed by atoms with van der Waals surface area (Å²) < 4.78 is 10.4. The summed E-state index contributed by atoms with van der Waals surface area (Å²) in [4.78, 5) is 11.4. The number of hydrogen-bond acceptors (Lipinski definition) is 3. The minimum Gasteiger partial charge on any atom is -0.496 e. The van der Waals surface area contributed by atoms with Crippen LogP contribution >= 0.6 is 0 Å². The molecular weight excluding hydrogens is 242 g/mol. The Morgan fingerprint density at radius 2 is 1.95 bits per heavy atom. The van der Waals surface area contributed by atoms with Gasteiger partial charge in [0.15, 0.2) is 0 Å². The van der Waals surface area contributed by atoms with Crippen LogP contribution in [0.25, 0.3) is 0 Å². The molecule has 1 aromatic rings. The van der Waals surface area contributed by atoms with Gasteiger partial charge in [0.05, 0.1) is 7.11 Å². The van der Waals surface area contributed by atoms with Gasteiger partial charge in [-0.15, -0.1) is 0 Å². The maximum absolute atomic E-state index is 11.4. The van der Waals surface area contributed by atoms with Crippen LogP contribution in [0.3, 0.4) is 0 Å². The van der Waals surface area contributed by atoms with Crippen molar-refractivity contribution in [2.24, 2.45) is 0 Å². The second-order valence-corrected chi connectivity index (χ2v) is 5.34. The molecular formula is C15H23NO3. The number of carbonyl (C=O) groups excluding carboxylic acids is 1. The Hall–Kier alpha value is -1.71. The second-order valence-electron chi connectivity index (χ2n) is 5.34. The molecule has 1 rings (SSSR count). The second kappa shape index (κ2) is 7.02. The molecule has 4 heteroatoms. The molecule has 4 nitrogen and oxygen atoms in total. The third-order valence-corrected chi connectivity index (χ3v) is 2.48. The van der Waals surface area contributed by atoms with Gasteiger partial charge in [-0.2, -0.15) is 0 Å². The summed E-state index contributed by atoms with van der Waals surface area (Å²) in [5.74, 6) is 0.889. The Labute approximate surface area is 115 Å². The summed E-state index contributed by atoms with van der Waals surface area (Å²) >= 11 is 0. The van der Waals surface area contributed by atoms with Gasteiger partial charge in [0, 0.05) is 6.54 Å². The van der Waals surface area contributed by atoms with Crippen LogP contribution in [0.5, 0.6) is 5.75 Å². The fourth-order valence-electron chi connectivity index (χ4n) is 1.69. The van der Waals surface area contributed by atoms with E-state index in [4.69, 9.17) is 9.47 Å². The van der Waals surface area contributed by atoms with Gasteiger partial charge in [0.1, 0.15) is 11.4 Å². The number of aryl methyl sites for hydroxylation is 1. The van der Waals surface area contributed by atoms with Crippen molar-refractivity contribution in [3.8, 4) is 5.75 Å². The molecule has 0 saturated carbocycles. The largest absolute Gasteiger partial charge is 0.496 e. The fourth-order valence-corrected chi connectivity index (χ4v) is 1.69. The molecule has 0 unspecified atom stereocenters. The fraction of sp³-hybridized carbons (Fsp3) is 0.533. The Kier molecular flexibility index (Phi) is 5.67. The first kappa shape index (κ1) is 15.3. The SMILES string of the molecule is COc1ccccc1CCCNC(=O)OC(C)(C)C. The molecule has 0 aliphatic carbocycles. The van der Waals surface area contributed by atoms with Crippen molar-refractivity contribution in [1.29, 1.82) is 0 Å². The topological polar surface area (TPSA) is 47.6 Å². The zero-order valence-corrected chi connectivity index (χ0v) is 12.2. The third kappa shape index (κ3) is 6.13. The number of nitrogens with one attached hydrogen (secondary N) is 1. The lowest BCUT2D eigenvalue weighted by Gasteiger charge is -2.19. The molecule has 0 fully saturated rings. The highest BCUT2D eigenvalue weighted by Crippen LogP contribution is 2.18. The van der Waals surface area contributed by atoms with Gasteiger partial charge in [0.25, 0.3) is 0 Å².